The Bertz CT molecular complexity index is 2030. The van der Waals surface area contributed by atoms with Gasteiger partial charge in [-0.05, 0) is 82.1 Å². The monoisotopic (exact) mass is 493 g/mol. The second-order valence-corrected chi connectivity index (χ2v) is 10.1. The lowest BCUT2D eigenvalue weighted by Crippen LogP contribution is -1.95. The minimum atomic E-state index is 0.862. The molecule has 0 spiro atoms. The Labute approximate surface area is 216 Å². The zero-order valence-corrected chi connectivity index (χ0v) is 20.4. The van der Waals surface area contributed by atoms with Gasteiger partial charge in [-0.25, -0.2) is 0 Å². The Kier molecular flexibility index (Phi) is 4.36. The SMILES string of the molecule is c1cncc(-c2cc(-c3ccncc3)cc(-n3c4ccc5ccsc5c4c4c5ccccc5oc43)c2)c1. The largest absolute Gasteiger partial charge is 0.439 e. The predicted molar refractivity (Wildman–Crippen MR) is 152 cm³/mol. The van der Waals surface area contributed by atoms with Crippen LogP contribution in [0.2, 0.25) is 0 Å². The molecule has 0 aliphatic rings. The van der Waals surface area contributed by atoms with E-state index in [2.05, 4.69) is 80.6 Å². The maximum atomic E-state index is 6.58. The molecule has 0 aliphatic heterocycles. The van der Waals surface area contributed by atoms with Crippen LogP contribution in [0.15, 0.2) is 120 Å². The molecule has 0 amide bonds. The smallest absolute Gasteiger partial charge is 0.213 e. The lowest BCUT2D eigenvalue weighted by atomic mass is 9.99. The fraction of sp³-hybridized carbons (Fsp3) is 0. The van der Waals surface area contributed by atoms with Gasteiger partial charge in [0.25, 0.3) is 0 Å². The molecule has 0 unspecified atom stereocenters. The first-order chi connectivity index (χ1) is 18.3. The normalized spacial score (nSPS) is 11.8. The first-order valence-electron chi connectivity index (χ1n) is 12.1. The van der Waals surface area contributed by atoms with Crippen molar-refractivity contribution in [1.82, 2.24) is 14.5 Å². The Morgan fingerprint density at radius 3 is 2.41 bits per heavy atom. The van der Waals surface area contributed by atoms with Gasteiger partial charge in [0.2, 0.25) is 5.71 Å². The van der Waals surface area contributed by atoms with Gasteiger partial charge in [-0.1, -0.05) is 30.3 Å². The molecule has 8 rings (SSSR count). The summed E-state index contributed by atoms with van der Waals surface area (Å²) in [5.74, 6) is 0. The third-order valence-corrected chi connectivity index (χ3v) is 8.00. The number of fused-ring (bicyclic) bond motifs is 7. The number of pyridine rings is 2. The van der Waals surface area contributed by atoms with E-state index >= 15 is 0 Å². The Balaban J connectivity index is 1.53. The molecule has 0 atom stereocenters. The highest BCUT2D eigenvalue weighted by atomic mass is 32.1. The number of thiophene rings is 1. The Hall–Kier alpha value is -4.74. The summed E-state index contributed by atoms with van der Waals surface area (Å²) in [5, 5.41) is 6.96. The van der Waals surface area contributed by atoms with E-state index in [1.807, 2.05) is 42.9 Å². The van der Waals surface area contributed by atoms with Gasteiger partial charge < -0.3 is 4.42 Å². The van der Waals surface area contributed by atoms with E-state index in [1.54, 1.807) is 17.5 Å². The number of para-hydroxylation sites is 1. The molecule has 0 aliphatic carbocycles. The number of aromatic nitrogens is 3. The van der Waals surface area contributed by atoms with Crippen LogP contribution in [0.3, 0.4) is 0 Å². The van der Waals surface area contributed by atoms with Crippen molar-refractivity contribution in [2.75, 3.05) is 0 Å². The standard InChI is InChI=1S/C32H19N3OS/c1-2-6-28-26(5-1)29-30-27(8-7-21-11-15-37-31(21)30)35(32(29)36-28)25-17-23(20-9-13-33-14-10-20)16-24(18-25)22-4-3-12-34-19-22/h1-19H. The quantitative estimate of drug-likeness (QED) is 0.247. The van der Waals surface area contributed by atoms with Gasteiger partial charge in [0.15, 0.2) is 0 Å². The van der Waals surface area contributed by atoms with Crippen molar-refractivity contribution in [2.24, 2.45) is 0 Å². The molecule has 4 nitrogen and oxygen atoms in total. The third-order valence-electron chi connectivity index (χ3n) is 7.06. The van der Waals surface area contributed by atoms with Gasteiger partial charge in [0, 0.05) is 45.8 Å². The maximum absolute atomic E-state index is 6.58. The van der Waals surface area contributed by atoms with Crippen molar-refractivity contribution in [3.63, 3.8) is 0 Å². The molecular formula is C32H19N3OS. The van der Waals surface area contributed by atoms with E-state index in [4.69, 9.17) is 4.42 Å². The molecule has 174 valence electrons. The average Bonchev–Trinajstić information content (AvgIpc) is 3.66. The average molecular weight is 494 g/mol. The lowest BCUT2D eigenvalue weighted by molar-refractivity contribution is 0.645. The number of hydrogen-bond donors (Lipinski definition) is 0. The fourth-order valence-corrected chi connectivity index (χ4v) is 6.35. The molecule has 8 aromatic rings. The number of hydrogen-bond acceptors (Lipinski definition) is 4. The predicted octanol–water partition coefficient (Wildman–Crippen LogP) is 8.87. The summed E-state index contributed by atoms with van der Waals surface area (Å²) in [6.07, 6.45) is 7.39. The summed E-state index contributed by atoms with van der Waals surface area (Å²) in [4.78, 5) is 8.60. The van der Waals surface area contributed by atoms with Gasteiger partial charge in [-0.2, -0.15) is 0 Å². The highest BCUT2D eigenvalue weighted by Crippen LogP contribution is 2.44. The van der Waals surface area contributed by atoms with E-state index < -0.39 is 0 Å². The fourth-order valence-electron chi connectivity index (χ4n) is 5.40. The number of rotatable bonds is 3. The molecule has 0 saturated carbocycles. The molecular weight excluding hydrogens is 474 g/mol. The molecule has 5 heterocycles. The van der Waals surface area contributed by atoms with Crippen LogP contribution >= 0.6 is 11.3 Å². The molecule has 37 heavy (non-hydrogen) atoms. The molecule has 0 saturated heterocycles. The van der Waals surface area contributed by atoms with Crippen LogP contribution in [0, 0.1) is 0 Å². The second kappa shape index (κ2) is 7.88. The van der Waals surface area contributed by atoms with Crippen LogP contribution < -0.4 is 0 Å². The van der Waals surface area contributed by atoms with Crippen LogP contribution in [0.25, 0.3) is 71.0 Å². The van der Waals surface area contributed by atoms with Gasteiger partial charge in [0.1, 0.15) is 5.58 Å². The van der Waals surface area contributed by atoms with Crippen molar-refractivity contribution < 1.29 is 4.42 Å². The number of nitrogens with zero attached hydrogens (tertiary/aromatic N) is 3. The zero-order valence-electron chi connectivity index (χ0n) is 19.6. The van der Waals surface area contributed by atoms with Crippen LogP contribution in [-0.2, 0) is 0 Å². The van der Waals surface area contributed by atoms with Gasteiger partial charge in [0.05, 0.1) is 16.6 Å². The summed E-state index contributed by atoms with van der Waals surface area (Å²) < 4.78 is 10.1. The highest BCUT2D eigenvalue weighted by molar-refractivity contribution is 7.18. The minimum Gasteiger partial charge on any atom is -0.439 e. The Morgan fingerprint density at radius 1 is 0.676 bits per heavy atom. The van der Waals surface area contributed by atoms with Gasteiger partial charge in [-0.3, -0.25) is 14.5 Å². The number of furan rings is 1. The molecule has 0 N–H and O–H groups in total. The van der Waals surface area contributed by atoms with Gasteiger partial charge in [-0.15, -0.1) is 11.3 Å². The van der Waals surface area contributed by atoms with Crippen LogP contribution in [0.5, 0.6) is 0 Å². The van der Waals surface area contributed by atoms with Crippen LogP contribution in [0.4, 0.5) is 0 Å². The van der Waals surface area contributed by atoms with E-state index in [0.717, 1.165) is 55.5 Å². The second-order valence-electron chi connectivity index (χ2n) is 9.16. The number of benzene rings is 3. The van der Waals surface area contributed by atoms with Crippen molar-refractivity contribution in [1.29, 1.82) is 0 Å². The van der Waals surface area contributed by atoms with E-state index in [1.165, 1.54) is 15.5 Å². The van der Waals surface area contributed by atoms with Crippen LogP contribution in [0.1, 0.15) is 0 Å². The topological polar surface area (TPSA) is 43.9 Å². The van der Waals surface area contributed by atoms with E-state index in [0.29, 0.717) is 0 Å². The molecule has 3 aromatic carbocycles. The maximum Gasteiger partial charge on any atom is 0.213 e. The molecule has 5 aromatic heterocycles. The van der Waals surface area contributed by atoms with Crippen LogP contribution in [-0.4, -0.2) is 14.5 Å². The van der Waals surface area contributed by atoms with Crippen molar-refractivity contribution in [3.8, 4) is 27.9 Å². The first kappa shape index (κ1) is 20.5. The molecule has 0 fully saturated rings. The van der Waals surface area contributed by atoms with Crippen molar-refractivity contribution in [3.05, 3.63) is 115 Å². The first-order valence-corrected chi connectivity index (χ1v) is 13.0. The summed E-state index contributed by atoms with van der Waals surface area (Å²) in [6.45, 7) is 0. The molecule has 5 heteroatoms. The summed E-state index contributed by atoms with van der Waals surface area (Å²) >= 11 is 1.78. The summed E-state index contributed by atoms with van der Waals surface area (Å²) in [5.41, 5.74) is 8.33. The third kappa shape index (κ3) is 3.08. The molecule has 0 bridgehead atoms. The molecule has 0 radical (unpaired) electrons. The highest BCUT2D eigenvalue weighted by Gasteiger charge is 2.22. The summed E-state index contributed by atoms with van der Waals surface area (Å²) in [7, 11) is 0. The summed E-state index contributed by atoms with van der Waals surface area (Å²) in [6, 6.07) is 29.8. The van der Waals surface area contributed by atoms with E-state index in [9.17, 15) is 0 Å². The van der Waals surface area contributed by atoms with Gasteiger partial charge >= 0.3 is 0 Å². The Morgan fingerprint density at radius 2 is 1.54 bits per heavy atom. The zero-order chi connectivity index (χ0) is 24.3. The van der Waals surface area contributed by atoms with Crippen molar-refractivity contribution >= 4 is 54.4 Å². The lowest BCUT2D eigenvalue weighted by Gasteiger charge is -2.13. The minimum absolute atomic E-state index is 0.862. The van der Waals surface area contributed by atoms with Crippen molar-refractivity contribution in [2.45, 2.75) is 0 Å². The van der Waals surface area contributed by atoms with E-state index in [-0.39, 0.29) is 0 Å².